The lowest BCUT2D eigenvalue weighted by Gasteiger charge is -2.26. The van der Waals surface area contributed by atoms with Gasteiger partial charge in [-0.05, 0) is 67.8 Å². The second-order valence-corrected chi connectivity index (χ2v) is 10.9. The van der Waals surface area contributed by atoms with Gasteiger partial charge < -0.3 is 5.32 Å². The highest BCUT2D eigenvalue weighted by Crippen LogP contribution is 2.44. The van der Waals surface area contributed by atoms with Gasteiger partial charge in [0.15, 0.2) is 0 Å². The maximum absolute atomic E-state index is 11.7. The highest BCUT2D eigenvalue weighted by atomic mass is 32.2. The van der Waals surface area contributed by atoms with E-state index in [1.807, 2.05) is 43.3 Å². The minimum Gasteiger partial charge on any atom is -0.362 e. The van der Waals surface area contributed by atoms with E-state index < -0.39 is 25.7 Å². The van der Waals surface area contributed by atoms with Crippen molar-refractivity contribution in [2.75, 3.05) is 11.1 Å². The van der Waals surface area contributed by atoms with Crippen LogP contribution in [-0.2, 0) is 25.7 Å². The van der Waals surface area contributed by atoms with Crippen molar-refractivity contribution in [2.45, 2.75) is 36.5 Å². The highest BCUT2D eigenvalue weighted by molar-refractivity contribution is 7.86. The van der Waals surface area contributed by atoms with Gasteiger partial charge in [0.1, 0.15) is 0 Å². The number of anilines is 1. The van der Waals surface area contributed by atoms with E-state index in [0.717, 1.165) is 5.69 Å². The topological polar surface area (TPSA) is 133 Å². The van der Waals surface area contributed by atoms with E-state index in [2.05, 4.69) is 10.3 Å². The molecule has 2 aromatic rings. The second kappa shape index (κ2) is 10.0. The van der Waals surface area contributed by atoms with Gasteiger partial charge in [-0.25, -0.2) is 0 Å². The van der Waals surface area contributed by atoms with Gasteiger partial charge in [0.05, 0.1) is 22.0 Å². The number of unbranched alkanes of at least 4 members (excludes halogenated alkanes) is 1. The van der Waals surface area contributed by atoms with Crippen LogP contribution in [-0.4, -0.2) is 37.4 Å². The summed E-state index contributed by atoms with van der Waals surface area (Å²) in [6.45, 7) is 1.90. The molecule has 2 aromatic carbocycles. The summed E-state index contributed by atoms with van der Waals surface area (Å²) < 4.78 is 63.8. The Hall–Kier alpha value is -2.79. The number of hydrogen-bond acceptors (Lipinski definition) is 6. The third-order valence-electron chi connectivity index (χ3n) is 5.48. The van der Waals surface area contributed by atoms with Gasteiger partial charge in [-0.3, -0.25) is 14.1 Å². The average molecular weight is 491 g/mol. The van der Waals surface area contributed by atoms with Crippen molar-refractivity contribution in [1.29, 1.82) is 0 Å². The number of nitrogens with one attached hydrogen (secondary N) is 1. The number of para-hydroxylation sites is 1. The SMILES string of the molecule is CC1(CCCCS(=O)(=O)O)C(C=CC=CNc2ccccc2)=Nc2ccc(S(=O)(=O)O)cc21. The summed E-state index contributed by atoms with van der Waals surface area (Å²) in [5, 5.41) is 3.14. The zero-order valence-electron chi connectivity index (χ0n) is 18.0. The van der Waals surface area contributed by atoms with Gasteiger partial charge in [-0.2, -0.15) is 16.8 Å². The second-order valence-electron chi connectivity index (χ2n) is 7.95. The molecule has 0 saturated carbocycles. The molecule has 1 aliphatic heterocycles. The first-order valence-electron chi connectivity index (χ1n) is 10.3. The van der Waals surface area contributed by atoms with Gasteiger partial charge in [0.25, 0.3) is 20.2 Å². The van der Waals surface area contributed by atoms with E-state index in [0.29, 0.717) is 29.8 Å². The zero-order valence-corrected chi connectivity index (χ0v) is 19.7. The Bertz CT molecular complexity index is 1300. The monoisotopic (exact) mass is 490 g/mol. The van der Waals surface area contributed by atoms with Crippen molar-refractivity contribution < 1.29 is 25.9 Å². The minimum atomic E-state index is -4.39. The molecular weight excluding hydrogens is 464 g/mol. The Morgan fingerprint density at radius 2 is 1.73 bits per heavy atom. The van der Waals surface area contributed by atoms with Gasteiger partial charge in [0.2, 0.25) is 0 Å². The minimum absolute atomic E-state index is 0.224. The van der Waals surface area contributed by atoms with Crippen molar-refractivity contribution >= 4 is 37.3 Å². The molecule has 0 radical (unpaired) electrons. The summed E-state index contributed by atoms with van der Waals surface area (Å²) >= 11 is 0. The van der Waals surface area contributed by atoms with Gasteiger partial charge >= 0.3 is 0 Å². The van der Waals surface area contributed by atoms with Crippen molar-refractivity contribution in [3.05, 3.63) is 78.5 Å². The molecule has 0 fully saturated rings. The van der Waals surface area contributed by atoms with Crippen LogP contribution >= 0.6 is 0 Å². The molecule has 176 valence electrons. The van der Waals surface area contributed by atoms with Crippen LogP contribution in [0.1, 0.15) is 31.7 Å². The fourth-order valence-electron chi connectivity index (χ4n) is 3.73. The molecular formula is C23H26N2O6S2. The summed E-state index contributed by atoms with van der Waals surface area (Å²) in [5.41, 5.74) is 2.14. The number of benzene rings is 2. The van der Waals surface area contributed by atoms with Crippen LogP contribution in [0.3, 0.4) is 0 Å². The first kappa shape index (κ1) is 24.8. The molecule has 3 N–H and O–H groups in total. The van der Waals surface area contributed by atoms with Gasteiger partial charge in [-0.1, -0.05) is 30.7 Å². The first-order valence-corrected chi connectivity index (χ1v) is 13.4. The van der Waals surface area contributed by atoms with Gasteiger partial charge in [0, 0.05) is 17.3 Å². The number of fused-ring (bicyclic) bond motifs is 1. The molecule has 0 spiro atoms. The van der Waals surface area contributed by atoms with E-state index in [9.17, 15) is 21.4 Å². The molecule has 8 nitrogen and oxygen atoms in total. The fourth-order valence-corrected chi connectivity index (χ4v) is 4.81. The van der Waals surface area contributed by atoms with Crippen molar-refractivity contribution in [3.8, 4) is 0 Å². The number of allylic oxidation sites excluding steroid dienone is 3. The van der Waals surface area contributed by atoms with E-state index in [1.54, 1.807) is 24.4 Å². The number of aliphatic imine (C=N–C) groups is 1. The van der Waals surface area contributed by atoms with Crippen LogP contribution in [0.25, 0.3) is 0 Å². The van der Waals surface area contributed by atoms with E-state index in [-0.39, 0.29) is 17.1 Å². The molecule has 1 unspecified atom stereocenters. The molecule has 0 aromatic heterocycles. The summed E-state index contributed by atoms with van der Waals surface area (Å²) in [4.78, 5) is 4.42. The Labute approximate surface area is 194 Å². The smallest absolute Gasteiger partial charge is 0.294 e. The maximum Gasteiger partial charge on any atom is 0.294 e. The number of nitrogens with zero attached hydrogens (tertiary/aromatic N) is 1. The van der Waals surface area contributed by atoms with E-state index >= 15 is 0 Å². The van der Waals surface area contributed by atoms with Crippen LogP contribution < -0.4 is 5.32 Å². The molecule has 1 aliphatic rings. The number of hydrogen-bond donors (Lipinski definition) is 3. The van der Waals surface area contributed by atoms with Crippen LogP contribution in [0.5, 0.6) is 0 Å². The molecule has 1 heterocycles. The van der Waals surface area contributed by atoms with Crippen LogP contribution in [0, 0.1) is 0 Å². The quantitative estimate of drug-likeness (QED) is 0.253. The van der Waals surface area contributed by atoms with Crippen LogP contribution in [0.15, 0.2) is 82.8 Å². The summed E-state index contributed by atoms with van der Waals surface area (Å²) in [5.74, 6) is -0.350. The normalized spacial score (nSPS) is 18.6. The standard InChI is InChI=1S/C23H26N2O6S2/c1-23(14-6-8-16-32(26,27)28)20-17-19(33(29,30)31)12-13-21(20)25-22(23)11-5-7-15-24-18-9-3-2-4-10-18/h2-5,7,9-13,15,17,24H,6,8,14,16H2,1H3,(H,26,27,28)(H,29,30,31). The lowest BCUT2D eigenvalue weighted by molar-refractivity contribution is 0.474. The van der Waals surface area contributed by atoms with Crippen molar-refractivity contribution in [1.82, 2.24) is 0 Å². The third kappa shape index (κ3) is 6.61. The lowest BCUT2D eigenvalue weighted by Crippen LogP contribution is -2.28. The van der Waals surface area contributed by atoms with Crippen LogP contribution in [0.2, 0.25) is 0 Å². The maximum atomic E-state index is 11.7. The van der Waals surface area contributed by atoms with Crippen LogP contribution in [0.4, 0.5) is 11.4 Å². The first-order chi connectivity index (χ1) is 15.5. The van der Waals surface area contributed by atoms with E-state index in [4.69, 9.17) is 4.55 Å². The highest BCUT2D eigenvalue weighted by Gasteiger charge is 2.38. The molecule has 0 aliphatic carbocycles. The summed E-state index contributed by atoms with van der Waals surface area (Å²) in [6.07, 6.45) is 8.39. The lowest BCUT2D eigenvalue weighted by atomic mass is 9.75. The predicted molar refractivity (Wildman–Crippen MR) is 129 cm³/mol. The summed E-state index contributed by atoms with van der Waals surface area (Å²) in [6, 6.07) is 13.9. The molecule has 0 saturated heterocycles. The predicted octanol–water partition coefficient (Wildman–Crippen LogP) is 4.52. The molecule has 33 heavy (non-hydrogen) atoms. The zero-order chi connectivity index (χ0) is 24.1. The average Bonchev–Trinajstić information content (AvgIpc) is 3.02. The Morgan fingerprint density at radius 3 is 2.39 bits per heavy atom. The fraction of sp³-hybridized carbons (Fsp3) is 0.261. The Morgan fingerprint density at radius 1 is 1.00 bits per heavy atom. The molecule has 3 rings (SSSR count). The molecule has 0 bridgehead atoms. The third-order valence-corrected chi connectivity index (χ3v) is 7.14. The van der Waals surface area contributed by atoms with Crippen molar-refractivity contribution in [3.63, 3.8) is 0 Å². The van der Waals surface area contributed by atoms with Gasteiger partial charge in [-0.15, -0.1) is 0 Å². The van der Waals surface area contributed by atoms with E-state index in [1.165, 1.54) is 12.1 Å². The summed E-state index contributed by atoms with van der Waals surface area (Å²) in [7, 11) is -8.44. The largest absolute Gasteiger partial charge is 0.362 e. The Kier molecular flexibility index (Phi) is 7.53. The number of rotatable bonds is 10. The Balaban J connectivity index is 1.82. The molecule has 0 amide bonds. The molecule has 10 heteroatoms. The molecule has 1 atom stereocenters. The van der Waals surface area contributed by atoms with Crippen molar-refractivity contribution in [2.24, 2.45) is 4.99 Å².